The fourth-order valence-electron chi connectivity index (χ4n) is 2.17. The Bertz CT molecular complexity index is 562. The van der Waals surface area contributed by atoms with Gasteiger partial charge in [0.15, 0.2) is 0 Å². The molecular weight excluding hydrogens is 254 g/mol. The SMILES string of the molecule is CCC(CN)c1ncc(-c2ccc(OC)cc2OC)[nH]1. The molecule has 3 N–H and O–H groups in total. The summed E-state index contributed by atoms with van der Waals surface area (Å²) in [6.07, 6.45) is 2.78. The van der Waals surface area contributed by atoms with Crippen LogP contribution in [0, 0.1) is 0 Å². The molecule has 20 heavy (non-hydrogen) atoms. The Morgan fingerprint density at radius 2 is 2.10 bits per heavy atom. The lowest BCUT2D eigenvalue weighted by Gasteiger charge is -2.10. The van der Waals surface area contributed by atoms with E-state index in [2.05, 4.69) is 16.9 Å². The Morgan fingerprint density at radius 1 is 1.30 bits per heavy atom. The zero-order chi connectivity index (χ0) is 14.5. The molecule has 1 aromatic heterocycles. The number of H-pyrrole nitrogens is 1. The lowest BCUT2D eigenvalue weighted by molar-refractivity contribution is 0.395. The third-order valence-electron chi connectivity index (χ3n) is 3.46. The van der Waals surface area contributed by atoms with Crippen LogP contribution in [0.3, 0.4) is 0 Å². The summed E-state index contributed by atoms with van der Waals surface area (Å²) >= 11 is 0. The van der Waals surface area contributed by atoms with Crippen LogP contribution in [0.15, 0.2) is 24.4 Å². The number of benzene rings is 1. The van der Waals surface area contributed by atoms with Crippen LogP contribution >= 0.6 is 0 Å². The van der Waals surface area contributed by atoms with Gasteiger partial charge >= 0.3 is 0 Å². The largest absolute Gasteiger partial charge is 0.497 e. The third-order valence-corrected chi connectivity index (χ3v) is 3.46. The highest BCUT2D eigenvalue weighted by Crippen LogP contribution is 2.32. The van der Waals surface area contributed by atoms with Gasteiger partial charge in [-0.3, -0.25) is 0 Å². The number of nitrogens with two attached hydrogens (primary N) is 1. The van der Waals surface area contributed by atoms with Crippen molar-refractivity contribution >= 4 is 0 Å². The molecule has 2 rings (SSSR count). The Kier molecular flexibility index (Phi) is 4.63. The topological polar surface area (TPSA) is 73.2 Å². The van der Waals surface area contributed by atoms with Crippen LogP contribution in [0.25, 0.3) is 11.3 Å². The Balaban J connectivity index is 2.36. The van der Waals surface area contributed by atoms with Crippen molar-refractivity contribution in [3.8, 4) is 22.8 Å². The second-order valence-corrected chi connectivity index (χ2v) is 4.59. The number of hydrogen-bond acceptors (Lipinski definition) is 4. The molecule has 1 aromatic carbocycles. The van der Waals surface area contributed by atoms with Crippen LogP contribution in [-0.2, 0) is 0 Å². The predicted molar refractivity (Wildman–Crippen MR) is 79.2 cm³/mol. The van der Waals surface area contributed by atoms with E-state index < -0.39 is 0 Å². The molecule has 0 aliphatic heterocycles. The third kappa shape index (κ3) is 2.77. The Labute approximate surface area is 119 Å². The van der Waals surface area contributed by atoms with Crippen molar-refractivity contribution in [3.63, 3.8) is 0 Å². The summed E-state index contributed by atoms with van der Waals surface area (Å²) in [6, 6.07) is 5.72. The van der Waals surface area contributed by atoms with Crippen molar-refractivity contribution in [2.75, 3.05) is 20.8 Å². The number of ether oxygens (including phenoxy) is 2. The molecule has 0 amide bonds. The smallest absolute Gasteiger partial charge is 0.131 e. The summed E-state index contributed by atoms with van der Waals surface area (Å²) in [5, 5.41) is 0. The van der Waals surface area contributed by atoms with Gasteiger partial charge in [-0.15, -0.1) is 0 Å². The van der Waals surface area contributed by atoms with Crippen molar-refractivity contribution in [1.82, 2.24) is 9.97 Å². The molecule has 0 fully saturated rings. The summed E-state index contributed by atoms with van der Waals surface area (Å²) in [6.45, 7) is 2.69. The molecule has 0 bridgehead atoms. The van der Waals surface area contributed by atoms with Crippen LogP contribution in [0.4, 0.5) is 0 Å². The van der Waals surface area contributed by atoms with Crippen molar-refractivity contribution in [1.29, 1.82) is 0 Å². The number of hydrogen-bond donors (Lipinski definition) is 2. The first-order valence-corrected chi connectivity index (χ1v) is 6.70. The van der Waals surface area contributed by atoms with E-state index in [1.54, 1.807) is 14.2 Å². The van der Waals surface area contributed by atoms with Gasteiger partial charge < -0.3 is 20.2 Å². The molecule has 0 saturated carbocycles. The number of aromatic nitrogens is 2. The molecule has 108 valence electrons. The van der Waals surface area contributed by atoms with E-state index in [4.69, 9.17) is 15.2 Å². The highest BCUT2D eigenvalue weighted by atomic mass is 16.5. The van der Waals surface area contributed by atoms with Gasteiger partial charge in [0.1, 0.15) is 17.3 Å². The average molecular weight is 275 g/mol. The summed E-state index contributed by atoms with van der Waals surface area (Å²) < 4.78 is 10.6. The summed E-state index contributed by atoms with van der Waals surface area (Å²) in [5.41, 5.74) is 7.64. The van der Waals surface area contributed by atoms with Crippen molar-refractivity contribution < 1.29 is 9.47 Å². The highest BCUT2D eigenvalue weighted by Gasteiger charge is 2.14. The van der Waals surface area contributed by atoms with Crippen LogP contribution in [-0.4, -0.2) is 30.7 Å². The van der Waals surface area contributed by atoms with Crippen LogP contribution in [0.1, 0.15) is 25.1 Å². The quantitative estimate of drug-likeness (QED) is 0.849. The standard InChI is InChI=1S/C15H21N3O2/c1-4-10(8-16)15-17-9-13(18-15)12-6-5-11(19-2)7-14(12)20-3/h5-7,9-10H,4,8,16H2,1-3H3,(H,17,18). The van der Waals surface area contributed by atoms with Gasteiger partial charge in [-0.05, 0) is 18.6 Å². The number of nitrogens with zero attached hydrogens (tertiary/aromatic N) is 1. The van der Waals surface area contributed by atoms with E-state index in [0.717, 1.165) is 35.0 Å². The molecule has 0 saturated heterocycles. The van der Waals surface area contributed by atoms with E-state index >= 15 is 0 Å². The van der Waals surface area contributed by atoms with Gasteiger partial charge in [0, 0.05) is 24.1 Å². The zero-order valence-corrected chi connectivity index (χ0v) is 12.1. The maximum absolute atomic E-state index is 5.76. The molecule has 0 radical (unpaired) electrons. The van der Waals surface area contributed by atoms with Gasteiger partial charge in [0.2, 0.25) is 0 Å². The van der Waals surface area contributed by atoms with Gasteiger partial charge in [0.05, 0.1) is 26.1 Å². The minimum absolute atomic E-state index is 0.257. The average Bonchev–Trinajstić information content (AvgIpc) is 2.97. The number of imidazole rings is 1. The number of methoxy groups -OCH3 is 2. The van der Waals surface area contributed by atoms with Gasteiger partial charge in [-0.25, -0.2) is 4.98 Å². The van der Waals surface area contributed by atoms with Crippen molar-refractivity contribution in [2.45, 2.75) is 19.3 Å². The molecule has 1 unspecified atom stereocenters. The normalized spacial score (nSPS) is 12.2. The molecule has 5 nitrogen and oxygen atoms in total. The Morgan fingerprint density at radius 3 is 2.70 bits per heavy atom. The predicted octanol–water partition coefficient (Wildman–Crippen LogP) is 2.55. The molecular formula is C15H21N3O2. The Hall–Kier alpha value is -2.01. The zero-order valence-electron chi connectivity index (χ0n) is 12.1. The first-order chi connectivity index (χ1) is 9.73. The van der Waals surface area contributed by atoms with Crippen LogP contribution < -0.4 is 15.2 Å². The molecule has 1 heterocycles. The summed E-state index contributed by atoms with van der Waals surface area (Å²) in [4.78, 5) is 7.76. The second-order valence-electron chi connectivity index (χ2n) is 4.59. The van der Waals surface area contributed by atoms with E-state index in [1.165, 1.54) is 0 Å². The van der Waals surface area contributed by atoms with Gasteiger partial charge in [-0.1, -0.05) is 6.92 Å². The first-order valence-electron chi connectivity index (χ1n) is 6.70. The molecule has 0 aliphatic rings. The molecule has 1 atom stereocenters. The number of aromatic amines is 1. The van der Waals surface area contributed by atoms with Crippen LogP contribution in [0.5, 0.6) is 11.5 Å². The van der Waals surface area contributed by atoms with E-state index in [0.29, 0.717) is 6.54 Å². The minimum atomic E-state index is 0.257. The number of rotatable bonds is 6. The van der Waals surface area contributed by atoms with Crippen LogP contribution in [0.2, 0.25) is 0 Å². The first kappa shape index (κ1) is 14.4. The summed E-state index contributed by atoms with van der Waals surface area (Å²) in [5.74, 6) is 2.69. The highest BCUT2D eigenvalue weighted by molar-refractivity contribution is 5.68. The monoisotopic (exact) mass is 275 g/mol. The molecule has 5 heteroatoms. The van der Waals surface area contributed by atoms with Gasteiger partial charge in [0.25, 0.3) is 0 Å². The fraction of sp³-hybridized carbons (Fsp3) is 0.400. The molecule has 0 aliphatic carbocycles. The lowest BCUT2D eigenvalue weighted by atomic mass is 10.1. The summed E-state index contributed by atoms with van der Waals surface area (Å²) in [7, 11) is 3.28. The van der Waals surface area contributed by atoms with Crippen molar-refractivity contribution in [3.05, 3.63) is 30.2 Å². The van der Waals surface area contributed by atoms with Gasteiger partial charge in [-0.2, -0.15) is 0 Å². The number of nitrogens with one attached hydrogen (secondary N) is 1. The fourth-order valence-corrected chi connectivity index (χ4v) is 2.17. The molecule has 2 aromatic rings. The van der Waals surface area contributed by atoms with E-state index in [9.17, 15) is 0 Å². The maximum atomic E-state index is 5.76. The maximum Gasteiger partial charge on any atom is 0.131 e. The van der Waals surface area contributed by atoms with E-state index in [1.807, 2.05) is 24.4 Å². The van der Waals surface area contributed by atoms with Crippen molar-refractivity contribution in [2.24, 2.45) is 5.73 Å². The minimum Gasteiger partial charge on any atom is -0.497 e. The van der Waals surface area contributed by atoms with E-state index in [-0.39, 0.29) is 5.92 Å². The molecule has 0 spiro atoms. The lowest BCUT2D eigenvalue weighted by Crippen LogP contribution is -2.12. The second kappa shape index (κ2) is 6.43.